The van der Waals surface area contributed by atoms with E-state index in [9.17, 15) is 34.8 Å². The Morgan fingerprint density at radius 2 is 1.47 bits per heavy atom. The third-order valence-electron chi connectivity index (χ3n) is 5.18. The molecule has 32 heavy (non-hydrogen) atoms. The zero-order valence-electron chi connectivity index (χ0n) is 17.3. The molecule has 0 aromatic heterocycles. The number of aryl methyl sites for hydroxylation is 1. The molecule has 1 saturated heterocycles. The van der Waals surface area contributed by atoms with Gasteiger partial charge in [0.15, 0.2) is 9.84 Å². The number of benzene rings is 2. The van der Waals surface area contributed by atoms with Crippen molar-refractivity contribution in [3.05, 3.63) is 59.2 Å². The number of piperazine rings is 1. The molecule has 1 heterocycles. The van der Waals surface area contributed by atoms with Crippen LogP contribution >= 0.6 is 0 Å². The minimum absolute atomic E-state index is 0.0418. The van der Waals surface area contributed by atoms with Crippen molar-refractivity contribution in [2.75, 3.05) is 32.4 Å². The molecule has 1 aliphatic heterocycles. The van der Waals surface area contributed by atoms with Gasteiger partial charge < -0.3 is 4.90 Å². The average Bonchev–Trinajstić information content (AvgIpc) is 2.72. The first-order valence-corrected chi connectivity index (χ1v) is 12.8. The highest BCUT2D eigenvalue weighted by atomic mass is 32.2. The number of halogens is 3. The van der Waals surface area contributed by atoms with Crippen LogP contribution in [0.2, 0.25) is 0 Å². The molecule has 12 heteroatoms. The van der Waals surface area contributed by atoms with Crippen LogP contribution in [0.3, 0.4) is 0 Å². The highest BCUT2D eigenvalue weighted by molar-refractivity contribution is 7.90. The molecule has 0 spiro atoms. The maximum absolute atomic E-state index is 12.8. The lowest BCUT2D eigenvalue weighted by Gasteiger charge is -2.34. The number of sulfone groups is 1. The molecule has 2 aromatic carbocycles. The zero-order chi connectivity index (χ0) is 23.9. The fourth-order valence-corrected chi connectivity index (χ4v) is 5.83. The third-order valence-corrected chi connectivity index (χ3v) is 8.33. The number of carbonyl (C=O) groups is 1. The van der Waals surface area contributed by atoms with E-state index in [4.69, 9.17) is 0 Å². The standard InChI is InChI=1S/C20H21F3N2O5S2/c1-14-3-4-15(13-18(14)31(2,27)28)19(26)24-9-11-25(12-10-24)32(29,30)17-7-5-16(6-8-17)20(21,22)23/h3-8,13H,9-12H2,1-2H3. The van der Waals surface area contributed by atoms with Crippen molar-refractivity contribution in [3.63, 3.8) is 0 Å². The van der Waals surface area contributed by atoms with Crippen LogP contribution in [0.5, 0.6) is 0 Å². The summed E-state index contributed by atoms with van der Waals surface area (Å²) in [5.74, 6) is -0.429. The molecule has 3 rings (SSSR count). The van der Waals surface area contributed by atoms with E-state index in [-0.39, 0.29) is 41.5 Å². The van der Waals surface area contributed by atoms with Gasteiger partial charge in [-0.15, -0.1) is 0 Å². The zero-order valence-corrected chi connectivity index (χ0v) is 18.9. The monoisotopic (exact) mass is 490 g/mol. The van der Waals surface area contributed by atoms with Crippen LogP contribution in [0.4, 0.5) is 13.2 Å². The summed E-state index contributed by atoms with van der Waals surface area (Å²) in [6.45, 7) is 1.65. The lowest BCUT2D eigenvalue weighted by atomic mass is 10.1. The van der Waals surface area contributed by atoms with Crippen molar-refractivity contribution in [3.8, 4) is 0 Å². The normalized spacial score (nSPS) is 16.2. The molecule has 0 radical (unpaired) electrons. The topological polar surface area (TPSA) is 91.8 Å². The van der Waals surface area contributed by atoms with E-state index in [0.717, 1.165) is 22.7 Å². The quantitative estimate of drug-likeness (QED) is 0.657. The highest BCUT2D eigenvalue weighted by Crippen LogP contribution is 2.30. The molecule has 1 fully saturated rings. The van der Waals surface area contributed by atoms with Gasteiger partial charge in [-0.1, -0.05) is 6.07 Å². The number of hydrogen-bond acceptors (Lipinski definition) is 5. The molecule has 0 N–H and O–H groups in total. The van der Waals surface area contributed by atoms with E-state index < -0.39 is 37.5 Å². The molecule has 7 nitrogen and oxygen atoms in total. The first kappa shape index (κ1) is 24.2. The van der Waals surface area contributed by atoms with Gasteiger partial charge in [0, 0.05) is 38.0 Å². The summed E-state index contributed by atoms with van der Waals surface area (Å²) in [6.07, 6.45) is -3.52. The second kappa shape index (κ2) is 8.49. The molecule has 1 aliphatic rings. The van der Waals surface area contributed by atoms with Crippen molar-refractivity contribution < 1.29 is 34.8 Å². The van der Waals surface area contributed by atoms with E-state index in [1.165, 1.54) is 23.1 Å². The summed E-state index contributed by atoms with van der Waals surface area (Å²) >= 11 is 0. The first-order valence-electron chi connectivity index (χ1n) is 9.48. The second-order valence-corrected chi connectivity index (χ2v) is 11.4. The Kier molecular flexibility index (Phi) is 6.42. The molecule has 0 saturated carbocycles. The minimum atomic E-state index is -4.57. The summed E-state index contributed by atoms with van der Waals surface area (Å²) in [5, 5.41) is 0. The van der Waals surface area contributed by atoms with Crippen LogP contribution in [-0.2, 0) is 26.0 Å². The molecule has 174 valence electrons. The van der Waals surface area contributed by atoms with E-state index in [2.05, 4.69) is 0 Å². The van der Waals surface area contributed by atoms with Gasteiger partial charge in [-0.05, 0) is 48.9 Å². The molecular weight excluding hydrogens is 469 g/mol. The summed E-state index contributed by atoms with van der Waals surface area (Å²) in [7, 11) is -7.54. The van der Waals surface area contributed by atoms with Gasteiger partial charge >= 0.3 is 6.18 Å². The van der Waals surface area contributed by atoms with Crippen LogP contribution in [0.15, 0.2) is 52.3 Å². The third kappa shape index (κ3) is 4.97. The van der Waals surface area contributed by atoms with Crippen LogP contribution < -0.4 is 0 Å². The Labute approximate surface area is 184 Å². The fourth-order valence-electron chi connectivity index (χ4n) is 3.41. The molecule has 1 amide bonds. The number of rotatable bonds is 4. The number of nitrogens with zero attached hydrogens (tertiary/aromatic N) is 2. The van der Waals surface area contributed by atoms with Crippen LogP contribution in [-0.4, -0.2) is 64.4 Å². The fraction of sp³-hybridized carbons (Fsp3) is 0.350. The van der Waals surface area contributed by atoms with Gasteiger partial charge in [0.25, 0.3) is 5.91 Å². The van der Waals surface area contributed by atoms with Crippen molar-refractivity contribution in [1.82, 2.24) is 9.21 Å². The summed E-state index contributed by atoms with van der Waals surface area (Å²) in [5.41, 5.74) is -0.259. The predicted octanol–water partition coefficient (Wildman–Crippen LogP) is 2.56. The van der Waals surface area contributed by atoms with Gasteiger partial charge in [0.05, 0.1) is 15.4 Å². The van der Waals surface area contributed by atoms with E-state index in [1.807, 2.05) is 0 Å². The Morgan fingerprint density at radius 1 is 0.906 bits per heavy atom. The van der Waals surface area contributed by atoms with Gasteiger partial charge in [-0.2, -0.15) is 17.5 Å². The number of sulfonamides is 1. The number of carbonyl (C=O) groups excluding carboxylic acids is 1. The predicted molar refractivity (Wildman–Crippen MR) is 110 cm³/mol. The van der Waals surface area contributed by atoms with Crippen molar-refractivity contribution in [2.45, 2.75) is 22.9 Å². The average molecular weight is 491 g/mol. The maximum atomic E-state index is 12.8. The minimum Gasteiger partial charge on any atom is -0.336 e. The van der Waals surface area contributed by atoms with Crippen LogP contribution in [0.25, 0.3) is 0 Å². The van der Waals surface area contributed by atoms with Gasteiger partial charge in [-0.25, -0.2) is 16.8 Å². The number of alkyl halides is 3. The number of hydrogen-bond donors (Lipinski definition) is 0. The first-order chi connectivity index (χ1) is 14.7. The molecular formula is C20H21F3N2O5S2. The Hall–Kier alpha value is -2.44. The van der Waals surface area contributed by atoms with E-state index >= 15 is 0 Å². The largest absolute Gasteiger partial charge is 0.416 e. The van der Waals surface area contributed by atoms with E-state index in [1.54, 1.807) is 6.92 Å². The molecule has 0 atom stereocenters. The lowest BCUT2D eigenvalue weighted by Crippen LogP contribution is -2.50. The smallest absolute Gasteiger partial charge is 0.336 e. The Bertz CT molecular complexity index is 1230. The molecule has 0 unspecified atom stereocenters. The molecule has 0 aliphatic carbocycles. The number of amides is 1. The molecule has 0 bridgehead atoms. The van der Waals surface area contributed by atoms with Crippen LogP contribution in [0, 0.1) is 6.92 Å². The van der Waals surface area contributed by atoms with Gasteiger partial charge in [-0.3, -0.25) is 4.79 Å². The van der Waals surface area contributed by atoms with Gasteiger partial charge in [0.1, 0.15) is 0 Å². The summed E-state index contributed by atoms with van der Waals surface area (Å²) < 4.78 is 88.6. The summed E-state index contributed by atoms with van der Waals surface area (Å²) in [6, 6.07) is 7.60. The highest BCUT2D eigenvalue weighted by Gasteiger charge is 2.33. The Balaban J connectivity index is 1.73. The molecule has 2 aromatic rings. The SMILES string of the molecule is Cc1ccc(C(=O)N2CCN(S(=O)(=O)c3ccc(C(F)(F)F)cc3)CC2)cc1S(C)(=O)=O. The van der Waals surface area contributed by atoms with Crippen molar-refractivity contribution in [2.24, 2.45) is 0 Å². The second-order valence-electron chi connectivity index (χ2n) is 7.47. The lowest BCUT2D eigenvalue weighted by molar-refractivity contribution is -0.137. The maximum Gasteiger partial charge on any atom is 0.416 e. The van der Waals surface area contributed by atoms with Crippen molar-refractivity contribution in [1.29, 1.82) is 0 Å². The summed E-state index contributed by atoms with van der Waals surface area (Å²) in [4.78, 5) is 14.0. The van der Waals surface area contributed by atoms with Gasteiger partial charge in [0.2, 0.25) is 10.0 Å². The van der Waals surface area contributed by atoms with Crippen LogP contribution in [0.1, 0.15) is 21.5 Å². The Morgan fingerprint density at radius 3 is 1.97 bits per heavy atom. The van der Waals surface area contributed by atoms with Crippen molar-refractivity contribution >= 4 is 25.8 Å². The van der Waals surface area contributed by atoms with E-state index in [0.29, 0.717) is 17.7 Å².